The Morgan fingerprint density at radius 2 is 2.08 bits per heavy atom. The summed E-state index contributed by atoms with van der Waals surface area (Å²) in [6.07, 6.45) is 1.54. The zero-order valence-corrected chi connectivity index (χ0v) is 14.4. The smallest absolute Gasteiger partial charge is 0.305 e. The molecular weight excluding hydrogens is 310 g/mol. The number of rotatable bonds is 7. The second-order valence-corrected chi connectivity index (χ2v) is 6.46. The Morgan fingerprint density at radius 1 is 1.33 bits per heavy atom. The van der Waals surface area contributed by atoms with Gasteiger partial charge in [0, 0.05) is 18.2 Å². The molecule has 1 N–H and O–H groups in total. The summed E-state index contributed by atoms with van der Waals surface area (Å²) in [5.41, 5.74) is 0.487. The van der Waals surface area contributed by atoms with Crippen LogP contribution in [0.5, 0.6) is 11.5 Å². The fourth-order valence-electron chi connectivity index (χ4n) is 2.86. The van der Waals surface area contributed by atoms with Gasteiger partial charge in [-0.15, -0.1) is 0 Å². The molecule has 1 atom stereocenters. The van der Waals surface area contributed by atoms with Crippen LogP contribution >= 0.6 is 0 Å². The minimum absolute atomic E-state index is 0.0154. The van der Waals surface area contributed by atoms with Gasteiger partial charge in [-0.25, -0.2) is 0 Å². The van der Waals surface area contributed by atoms with Crippen molar-refractivity contribution in [2.24, 2.45) is 5.92 Å². The second-order valence-electron chi connectivity index (χ2n) is 6.46. The first kappa shape index (κ1) is 18.1. The number of carboxylic acids is 1. The van der Waals surface area contributed by atoms with Crippen LogP contribution in [0.1, 0.15) is 43.5 Å². The van der Waals surface area contributed by atoms with Crippen molar-refractivity contribution in [1.82, 2.24) is 4.90 Å². The van der Waals surface area contributed by atoms with Crippen molar-refractivity contribution >= 4 is 11.9 Å². The highest BCUT2D eigenvalue weighted by atomic mass is 16.5. The first-order valence-electron chi connectivity index (χ1n) is 8.26. The van der Waals surface area contributed by atoms with E-state index in [-0.39, 0.29) is 18.4 Å². The number of carbonyl (C=O) groups excluding carboxylic acids is 1. The fraction of sp³-hybridized carbons (Fsp3) is 0.556. The number of hydrogen-bond acceptors (Lipinski definition) is 4. The van der Waals surface area contributed by atoms with Crippen LogP contribution in [0.25, 0.3) is 0 Å². The Kier molecular flexibility index (Phi) is 6.06. The number of carbonyl (C=O) groups is 2. The van der Waals surface area contributed by atoms with Gasteiger partial charge in [0.2, 0.25) is 0 Å². The minimum atomic E-state index is -0.880. The summed E-state index contributed by atoms with van der Waals surface area (Å²) in [6.45, 7) is 5.27. The normalized spacial score (nSPS) is 17.2. The maximum atomic E-state index is 12.7. The minimum Gasteiger partial charge on any atom is -0.493 e. The zero-order valence-electron chi connectivity index (χ0n) is 14.4. The molecular formula is C18H25NO5. The zero-order chi connectivity index (χ0) is 17.7. The van der Waals surface area contributed by atoms with Crippen molar-refractivity contribution in [3.8, 4) is 11.5 Å². The van der Waals surface area contributed by atoms with Gasteiger partial charge in [-0.3, -0.25) is 9.59 Å². The van der Waals surface area contributed by atoms with Gasteiger partial charge < -0.3 is 19.5 Å². The molecule has 0 radical (unpaired) electrons. The number of amides is 1. The first-order chi connectivity index (χ1) is 11.4. The van der Waals surface area contributed by atoms with E-state index in [1.165, 1.54) is 7.11 Å². The summed E-state index contributed by atoms with van der Waals surface area (Å²) in [5, 5.41) is 8.99. The van der Waals surface area contributed by atoms with E-state index in [4.69, 9.17) is 14.6 Å². The van der Waals surface area contributed by atoms with Gasteiger partial charge in [-0.2, -0.15) is 0 Å². The Hall–Kier alpha value is -2.24. The van der Waals surface area contributed by atoms with Crippen LogP contribution in [0.15, 0.2) is 18.2 Å². The number of ether oxygens (including phenoxy) is 2. The Morgan fingerprint density at radius 3 is 2.71 bits per heavy atom. The van der Waals surface area contributed by atoms with Crippen LogP contribution in [0.2, 0.25) is 0 Å². The second kappa shape index (κ2) is 8.04. The average Bonchev–Trinajstić information content (AvgIpc) is 2.99. The third kappa shape index (κ3) is 4.40. The summed E-state index contributed by atoms with van der Waals surface area (Å²) in [4.78, 5) is 25.3. The molecule has 6 heteroatoms. The van der Waals surface area contributed by atoms with Crippen LogP contribution in [0, 0.1) is 5.92 Å². The standard InChI is InChI=1S/C18H25NO5/c1-12(2)11-24-15-7-6-13(9-16(15)23-3)18(22)19-8-4-5-14(19)10-17(20)21/h6-7,9,12,14H,4-5,8,10-11H2,1-3H3,(H,20,21). The molecule has 24 heavy (non-hydrogen) atoms. The van der Waals surface area contributed by atoms with Crippen LogP contribution < -0.4 is 9.47 Å². The van der Waals surface area contributed by atoms with E-state index >= 15 is 0 Å². The molecule has 1 aliphatic rings. The third-order valence-electron chi connectivity index (χ3n) is 4.03. The Labute approximate surface area is 142 Å². The van der Waals surface area contributed by atoms with Crippen LogP contribution in [-0.4, -0.2) is 48.2 Å². The average molecular weight is 335 g/mol. The molecule has 0 aromatic heterocycles. The summed E-state index contributed by atoms with van der Waals surface area (Å²) >= 11 is 0. The lowest BCUT2D eigenvalue weighted by molar-refractivity contribution is -0.137. The van der Waals surface area contributed by atoms with Crippen molar-refractivity contribution in [3.63, 3.8) is 0 Å². The van der Waals surface area contributed by atoms with Crippen molar-refractivity contribution in [1.29, 1.82) is 0 Å². The molecule has 6 nitrogen and oxygen atoms in total. The number of methoxy groups -OCH3 is 1. The highest BCUT2D eigenvalue weighted by molar-refractivity contribution is 5.95. The van der Waals surface area contributed by atoms with Crippen LogP contribution in [0.3, 0.4) is 0 Å². The van der Waals surface area contributed by atoms with E-state index in [0.717, 1.165) is 12.8 Å². The van der Waals surface area contributed by atoms with Crippen molar-refractivity contribution in [2.75, 3.05) is 20.3 Å². The highest BCUT2D eigenvalue weighted by Crippen LogP contribution is 2.30. The lowest BCUT2D eigenvalue weighted by atomic mass is 10.1. The topological polar surface area (TPSA) is 76.1 Å². The molecule has 2 rings (SSSR count). The molecule has 1 aliphatic heterocycles. The van der Waals surface area contributed by atoms with Gasteiger partial charge in [0.25, 0.3) is 5.91 Å². The van der Waals surface area contributed by atoms with Gasteiger partial charge in [-0.1, -0.05) is 13.8 Å². The third-order valence-corrected chi connectivity index (χ3v) is 4.03. The van der Waals surface area contributed by atoms with E-state index in [2.05, 4.69) is 13.8 Å². The van der Waals surface area contributed by atoms with Gasteiger partial charge in [0.05, 0.1) is 20.1 Å². The van der Waals surface area contributed by atoms with E-state index in [9.17, 15) is 9.59 Å². The summed E-state index contributed by atoms with van der Waals surface area (Å²) in [6, 6.07) is 4.86. The predicted molar refractivity (Wildman–Crippen MR) is 89.6 cm³/mol. The SMILES string of the molecule is COc1cc(C(=O)N2CCCC2CC(=O)O)ccc1OCC(C)C. The Bertz CT molecular complexity index is 599. The first-order valence-corrected chi connectivity index (χ1v) is 8.26. The molecule has 1 heterocycles. The van der Waals surface area contributed by atoms with Gasteiger partial charge in [0.15, 0.2) is 11.5 Å². The molecule has 1 amide bonds. The molecule has 1 unspecified atom stereocenters. The van der Waals surface area contributed by atoms with Gasteiger partial charge >= 0.3 is 5.97 Å². The summed E-state index contributed by atoms with van der Waals surface area (Å²) in [5.74, 6) is 0.460. The number of hydrogen-bond donors (Lipinski definition) is 1. The summed E-state index contributed by atoms with van der Waals surface area (Å²) < 4.78 is 11.0. The lowest BCUT2D eigenvalue weighted by Gasteiger charge is -2.24. The quantitative estimate of drug-likeness (QED) is 0.829. The Balaban J connectivity index is 2.15. The fourth-order valence-corrected chi connectivity index (χ4v) is 2.86. The van der Waals surface area contributed by atoms with Crippen molar-refractivity contribution in [3.05, 3.63) is 23.8 Å². The number of nitrogens with zero attached hydrogens (tertiary/aromatic N) is 1. The molecule has 132 valence electrons. The van der Waals surface area contributed by atoms with E-state index in [1.807, 2.05) is 0 Å². The molecule has 1 aromatic carbocycles. The molecule has 0 saturated carbocycles. The molecule has 0 aliphatic carbocycles. The number of aliphatic carboxylic acids is 1. The molecule has 0 spiro atoms. The van der Waals surface area contributed by atoms with E-state index in [1.54, 1.807) is 23.1 Å². The monoisotopic (exact) mass is 335 g/mol. The molecule has 1 aromatic rings. The maximum Gasteiger partial charge on any atom is 0.305 e. The number of benzene rings is 1. The van der Waals surface area contributed by atoms with Crippen LogP contribution in [0.4, 0.5) is 0 Å². The number of likely N-dealkylation sites (tertiary alicyclic amines) is 1. The molecule has 1 fully saturated rings. The summed E-state index contributed by atoms with van der Waals surface area (Å²) in [7, 11) is 1.54. The van der Waals surface area contributed by atoms with Crippen LogP contribution in [-0.2, 0) is 4.79 Å². The van der Waals surface area contributed by atoms with E-state index < -0.39 is 5.97 Å². The highest BCUT2D eigenvalue weighted by Gasteiger charge is 2.31. The van der Waals surface area contributed by atoms with E-state index in [0.29, 0.717) is 36.1 Å². The molecule has 1 saturated heterocycles. The molecule has 0 bridgehead atoms. The maximum absolute atomic E-state index is 12.7. The van der Waals surface area contributed by atoms with Gasteiger partial charge in [0.1, 0.15) is 0 Å². The largest absolute Gasteiger partial charge is 0.493 e. The van der Waals surface area contributed by atoms with Crippen molar-refractivity contribution < 1.29 is 24.2 Å². The number of carboxylic acid groups (broad SMARTS) is 1. The van der Waals surface area contributed by atoms with Gasteiger partial charge in [-0.05, 0) is 37.0 Å². The predicted octanol–water partition coefficient (Wildman–Crippen LogP) is 2.81. The lowest BCUT2D eigenvalue weighted by Crippen LogP contribution is -2.36. The van der Waals surface area contributed by atoms with Crippen molar-refractivity contribution in [2.45, 2.75) is 39.2 Å².